The third-order valence-corrected chi connectivity index (χ3v) is 5.48. The zero-order valence-electron chi connectivity index (χ0n) is 16.9. The highest BCUT2D eigenvalue weighted by atomic mass is 16.1. The summed E-state index contributed by atoms with van der Waals surface area (Å²) in [6, 6.07) is 25.8. The van der Waals surface area contributed by atoms with Crippen molar-refractivity contribution in [3.05, 3.63) is 95.6 Å². The lowest BCUT2D eigenvalue weighted by Crippen LogP contribution is -2.12. The van der Waals surface area contributed by atoms with Crippen molar-refractivity contribution >= 4 is 33.5 Å². The number of H-pyrrole nitrogens is 1. The lowest BCUT2D eigenvalue weighted by Gasteiger charge is -2.07. The van der Waals surface area contributed by atoms with E-state index in [4.69, 9.17) is 0 Å². The Morgan fingerprint density at radius 3 is 2.43 bits per heavy atom. The molecule has 0 atom stereocenters. The van der Waals surface area contributed by atoms with Crippen LogP contribution in [0.4, 0.5) is 5.82 Å². The second kappa shape index (κ2) is 7.16. The number of carbonyl (C=O) groups is 1. The van der Waals surface area contributed by atoms with Gasteiger partial charge in [-0.25, -0.2) is 4.98 Å². The molecule has 4 nitrogen and oxygen atoms in total. The molecule has 146 valence electrons. The SMILES string of the molecule is Cc1cccc(C)c1-c1cc2ccc(C(=O)Nc3ccc4ccccc4n3)cc2[nH]1. The van der Waals surface area contributed by atoms with Gasteiger partial charge in [0.05, 0.1) is 5.52 Å². The Balaban J connectivity index is 1.46. The Morgan fingerprint density at radius 1 is 0.833 bits per heavy atom. The first-order chi connectivity index (χ1) is 14.6. The van der Waals surface area contributed by atoms with Crippen LogP contribution in [0.25, 0.3) is 33.1 Å². The van der Waals surface area contributed by atoms with Gasteiger partial charge < -0.3 is 10.3 Å². The minimum Gasteiger partial charge on any atom is -0.354 e. The number of aryl methyl sites for hydroxylation is 2. The third-order valence-electron chi connectivity index (χ3n) is 5.48. The van der Waals surface area contributed by atoms with E-state index in [1.165, 1.54) is 16.7 Å². The van der Waals surface area contributed by atoms with Gasteiger partial charge in [0.2, 0.25) is 0 Å². The first-order valence-corrected chi connectivity index (χ1v) is 9.95. The molecule has 0 radical (unpaired) electrons. The number of nitrogens with zero attached hydrogens (tertiary/aromatic N) is 1. The summed E-state index contributed by atoms with van der Waals surface area (Å²) < 4.78 is 0. The van der Waals surface area contributed by atoms with Crippen LogP contribution in [0.3, 0.4) is 0 Å². The standard InChI is InChI=1S/C26H21N3O/c1-16-6-5-7-17(2)25(16)23-14-19-10-11-20(15-22(19)27-23)26(30)29-24-13-12-18-8-3-4-9-21(18)28-24/h3-15,27H,1-2H3,(H,28,29,30). The van der Waals surface area contributed by atoms with Crippen LogP contribution in [-0.4, -0.2) is 15.9 Å². The fourth-order valence-corrected chi connectivity index (χ4v) is 3.97. The first-order valence-electron chi connectivity index (χ1n) is 9.95. The molecule has 2 heterocycles. The van der Waals surface area contributed by atoms with Gasteiger partial charge in [-0.05, 0) is 61.4 Å². The molecule has 2 aromatic heterocycles. The molecule has 0 saturated carbocycles. The highest BCUT2D eigenvalue weighted by Gasteiger charge is 2.12. The summed E-state index contributed by atoms with van der Waals surface area (Å²) in [6.45, 7) is 4.23. The second-order valence-corrected chi connectivity index (χ2v) is 7.60. The number of benzene rings is 3. The van der Waals surface area contributed by atoms with Crippen LogP contribution in [0.1, 0.15) is 21.5 Å². The van der Waals surface area contributed by atoms with Gasteiger partial charge in [0, 0.05) is 33.1 Å². The molecule has 5 aromatic rings. The number of anilines is 1. The quantitative estimate of drug-likeness (QED) is 0.382. The fourth-order valence-electron chi connectivity index (χ4n) is 3.97. The highest BCUT2D eigenvalue weighted by molar-refractivity contribution is 6.06. The number of para-hydroxylation sites is 1. The number of rotatable bonds is 3. The lowest BCUT2D eigenvalue weighted by molar-refractivity contribution is 0.102. The molecule has 4 heteroatoms. The van der Waals surface area contributed by atoms with Crippen molar-refractivity contribution in [3.8, 4) is 11.3 Å². The molecular formula is C26H21N3O. The summed E-state index contributed by atoms with van der Waals surface area (Å²) >= 11 is 0. The zero-order valence-corrected chi connectivity index (χ0v) is 16.9. The predicted octanol–water partition coefficient (Wildman–Crippen LogP) is 6.25. The van der Waals surface area contributed by atoms with E-state index in [-0.39, 0.29) is 5.91 Å². The molecule has 0 aliphatic rings. The van der Waals surface area contributed by atoms with Crippen LogP contribution in [0, 0.1) is 13.8 Å². The Kier molecular flexibility index (Phi) is 4.32. The van der Waals surface area contributed by atoms with Crippen molar-refractivity contribution in [2.75, 3.05) is 5.32 Å². The smallest absolute Gasteiger partial charge is 0.256 e. The van der Waals surface area contributed by atoms with Gasteiger partial charge in [0.1, 0.15) is 5.82 Å². The van der Waals surface area contributed by atoms with Gasteiger partial charge in [0.25, 0.3) is 5.91 Å². The van der Waals surface area contributed by atoms with Crippen LogP contribution in [-0.2, 0) is 0 Å². The molecule has 30 heavy (non-hydrogen) atoms. The number of nitrogens with one attached hydrogen (secondary N) is 2. The number of fused-ring (bicyclic) bond motifs is 2. The van der Waals surface area contributed by atoms with E-state index in [0.717, 1.165) is 27.5 Å². The van der Waals surface area contributed by atoms with E-state index in [0.29, 0.717) is 11.4 Å². The molecule has 5 rings (SSSR count). The molecule has 0 saturated heterocycles. The minimum absolute atomic E-state index is 0.178. The van der Waals surface area contributed by atoms with Gasteiger partial charge >= 0.3 is 0 Å². The molecule has 0 spiro atoms. The van der Waals surface area contributed by atoms with Crippen molar-refractivity contribution in [3.63, 3.8) is 0 Å². The van der Waals surface area contributed by atoms with Gasteiger partial charge in [0.15, 0.2) is 0 Å². The maximum absolute atomic E-state index is 12.8. The average molecular weight is 391 g/mol. The van der Waals surface area contributed by atoms with Crippen LogP contribution < -0.4 is 5.32 Å². The topological polar surface area (TPSA) is 57.8 Å². The number of carbonyl (C=O) groups excluding carboxylic acids is 1. The average Bonchev–Trinajstić information content (AvgIpc) is 3.16. The van der Waals surface area contributed by atoms with E-state index in [2.05, 4.69) is 53.4 Å². The predicted molar refractivity (Wildman–Crippen MR) is 123 cm³/mol. The monoisotopic (exact) mass is 391 g/mol. The summed E-state index contributed by atoms with van der Waals surface area (Å²) in [4.78, 5) is 20.8. The van der Waals surface area contributed by atoms with E-state index < -0.39 is 0 Å². The molecule has 0 fully saturated rings. The number of pyridine rings is 1. The van der Waals surface area contributed by atoms with E-state index in [1.807, 2.05) is 54.6 Å². The molecule has 0 unspecified atom stereocenters. The Bertz CT molecular complexity index is 1390. The third kappa shape index (κ3) is 3.22. The van der Waals surface area contributed by atoms with Crippen LogP contribution >= 0.6 is 0 Å². The number of amides is 1. The second-order valence-electron chi connectivity index (χ2n) is 7.60. The van der Waals surface area contributed by atoms with Crippen molar-refractivity contribution in [1.82, 2.24) is 9.97 Å². The number of hydrogen-bond acceptors (Lipinski definition) is 2. The van der Waals surface area contributed by atoms with Crippen LogP contribution in [0.15, 0.2) is 78.9 Å². The molecule has 0 aliphatic heterocycles. The number of aromatic amines is 1. The first kappa shape index (κ1) is 18.1. The van der Waals surface area contributed by atoms with Crippen molar-refractivity contribution in [2.45, 2.75) is 13.8 Å². The number of aromatic nitrogens is 2. The van der Waals surface area contributed by atoms with E-state index in [9.17, 15) is 4.79 Å². The zero-order chi connectivity index (χ0) is 20.7. The Hall–Kier alpha value is -3.92. The molecule has 3 aromatic carbocycles. The summed E-state index contributed by atoms with van der Waals surface area (Å²) in [5.41, 5.74) is 7.10. The molecule has 0 bridgehead atoms. The summed E-state index contributed by atoms with van der Waals surface area (Å²) in [6.07, 6.45) is 0. The molecule has 2 N–H and O–H groups in total. The van der Waals surface area contributed by atoms with E-state index >= 15 is 0 Å². The molecular weight excluding hydrogens is 370 g/mol. The van der Waals surface area contributed by atoms with Gasteiger partial charge in [-0.2, -0.15) is 0 Å². The molecule has 1 amide bonds. The minimum atomic E-state index is -0.178. The van der Waals surface area contributed by atoms with E-state index in [1.54, 1.807) is 0 Å². The summed E-state index contributed by atoms with van der Waals surface area (Å²) in [5.74, 6) is 0.365. The normalized spacial score (nSPS) is 11.1. The van der Waals surface area contributed by atoms with Gasteiger partial charge in [-0.3, -0.25) is 4.79 Å². The van der Waals surface area contributed by atoms with Crippen molar-refractivity contribution in [1.29, 1.82) is 0 Å². The van der Waals surface area contributed by atoms with Crippen molar-refractivity contribution < 1.29 is 4.79 Å². The maximum atomic E-state index is 12.8. The maximum Gasteiger partial charge on any atom is 0.256 e. The Labute approximate surface area is 174 Å². The fraction of sp³-hybridized carbons (Fsp3) is 0.0769. The summed E-state index contributed by atoms with van der Waals surface area (Å²) in [7, 11) is 0. The molecule has 0 aliphatic carbocycles. The van der Waals surface area contributed by atoms with Crippen LogP contribution in [0.2, 0.25) is 0 Å². The van der Waals surface area contributed by atoms with Crippen LogP contribution in [0.5, 0.6) is 0 Å². The number of hydrogen-bond donors (Lipinski definition) is 2. The lowest BCUT2D eigenvalue weighted by atomic mass is 10.0. The van der Waals surface area contributed by atoms with Gasteiger partial charge in [-0.1, -0.05) is 42.5 Å². The Morgan fingerprint density at radius 2 is 1.60 bits per heavy atom. The summed E-state index contributed by atoms with van der Waals surface area (Å²) in [5, 5.41) is 5.03. The van der Waals surface area contributed by atoms with Gasteiger partial charge in [-0.15, -0.1) is 0 Å². The highest BCUT2D eigenvalue weighted by Crippen LogP contribution is 2.30. The largest absolute Gasteiger partial charge is 0.354 e. The van der Waals surface area contributed by atoms with Crippen molar-refractivity contribution in [2.24, 2.45) is 0 Å².